The zero-order chi connectivity index (χ0) is 22.6. The molecule has 0 aliphatic carbocycles. The number of likely N-dealkylation sites (tertiary alicyclic amines) is 1. The van der Waals surface area contributed by atoms with Crippen LogP contribution in [0.25, 0.3) is 22.4 Å². The molecule has 1 amide bonds. The molecule has 0 bridgehead atoms. The molecular formula is C27H26N4O2. The van der Waals surface area contributed by atoms with E-state index < -0.39 is 0 Å². The molecule has 0 spiro atoms. The van der Waals surface area contributed by atoms with Gasteiger partial charge in [-0.3, -0.25) is 0 Å². The number of amides is 1. The third kappa shape index (κ3) is 4.37. The van der Waals surface area contributed by atoms with Crippen LogP contribution in [0.1, 0.15) is 30.9 Å². The number of aromatic nitrogens is 3. The Morgan fingerprint density at radius 2 is 1.55 bits per heavy atom. The van der Waals surface area contributed by atoms with Crippen LogP contribution in [0, 0.1) is 0 Å². The van der Waals surface area contributed by atoms with Gasteiger partial charge in [0.15, 0.2) is 0 Å². The number of nitrogens with zero attached hydrogens (tertiary/aromatic N) is 4. The number of hydrogen-bond donors (Lipinski definition) is 0. The minimum atomic E-state index is -0.128. The van der Waals surface area contributed by atoms with Crippen molar-refractivity contribution in [2.24, 2.45) is 0 Å². The second kappa shape index (κ2) is 9.28. The molecule has 0 saturated carbocycles. The number of benzene rings is 3. The molecule has 33 heavy (non-hydrogen) atoms. The third-order valence-corrected chi connectivity index (χ3v) is 6.23. The van der Waals surface area contributed by atoms with E-state index in [0.717, 1.165) is 48.2 Å². The zero-order valence-corrected chi connectivity index (χ0v) is 18.6. The van der Waals surface area contributed by atoms with Crippen LogP contribution < -0.4 is 4.74 Å². The summed E-state index contributed by atoms with van der Waals surface area (Å²) in [5.74, 6) is 0.833. The van der Waals surface area contributed by atoms with Crippen molar-refractivity contribution in [1.29, 1.82) is 0 Å². The smallest absolute Gasteiger partial charge is 0.346 e. The summed E-state index contributed by atoms with van der Waals surface area (Å²) in [7, 11) is 1.66. The van der Waals surface area contributed by atoms with E-state index in [4.69, 9.17) is 4.74 Å². The fourth-order valence-corrected chi connectivity index (χ4v) is 4.42. The van der Waals surface area contributed by atoms with Crippen molar-refractivity contribution in [3.05, 3.63) is 90.6 Å². The highest BCUT2D eigenvalue weighted by Gasteiger charge is 2.29. The van der Waals surface area contributed by atoms with E-state index in [0.29, 0.717) is 5.69 Å². The quantitative estimate of drug-likeness (QED) is 0.403. The van der Waals surface area contributed by atoms with Gasteiger partial charge in [0, 0.05) is 12.1 Å². The van der Waals surface area contributed by atoms with Crippen LogP contribution in [-0.4, -0.2) is 39.6 Å². The molecule has 4 aromatic rings. The van der Waals surface area contributed by atoms with E-state index in [1.807, 2.05) is 71.6 Å². The maximum atomic E-state index is 13.3. The predicted octanol–water partition coefficient (Wildman–Crippen LogP) is 5.82. The first-order chi connectivity index (χ1) is 16.2. The Labute approximate surface area is 193 Å². The average Bonchev–Trinajstić information content (AvgIpc) is 3.39. The lowest BCUT2D eigenvalue weighted by Gasteiger charge is -2.35. The molecule has 1 aliphatic rings. The minimum absolute atomic E-state index is 0.0730. The summed E-state index contributed by atoms with van der Waals surface area (Å²) in [6, 6.07) is 26.2. The van der Waals surface area contributed by atoms with Crippen molar-refractivity contribution >= 4 is 6.03 Å². The van der Waals surface area contributed by atoms with Crippen molar-refractivity contribution in [3.8, 4) is 28.1 Å². The molecule has 0 radical (unpaired) electrons. The monoisotopic (exact) mass is 438 g/mol. The van der Waals surface area contributed by atoms with Crippen molar-refractivity contribution in [3.63, 3.8) is 0 Å². The summed E-state index contributed by atoms with van der Waals surface area (Å²) in [5, 5.41) is 8.43. The van der Waals surface area contributed by atoms with Crippen molar-refractivity contribution in [1.82, 2.24) is 19.9 Å². The van der Waals surface area contributed by atoms with E-state index >= 15 is 0 Å². The third-order valence-electron chi connectivity index (χ3n) is 6.23. The Morgan fingerprint density at radius 3 is 2.24 bits per heavy atom. The summed E-state index contributed by atoms with van der Waals surface area (Å²) in [5.41, 5.74) is 4.98. The van der Waals surface area contributed by atoms with Gasteiger partial charge in [-0.2, -0.15) is 4.68 Å². The van der Waals surface area contributed by atoms with Gasteiger partial charge in [0.1, 0.15) is 11.4 Å². The van der Waals surface area contributed by atoms with E-state index in [1.54, 1.807) is 13.3 Å². The Hall–Kier alpha value is -3.93. The average molecular weight is 439 g/mol. The van der Waals surface area contributed by atoms with E-state index in [-0.39, 0.29) is 12.1 Å². The van der Waals surface area contributed by atoms with Crippen LogP contribution in [-0.2, 0) is 0 Å². The first-order valence-corrected chi connectivity index (χ1v) is 11.3. The summed E-state index contributed by atoms with van der Waals surface area (Å²) in [6.07, 6.45) is 4.81. The van der Waals surface area contributed by atoms with Crippen LogP contribution in [0.5, 0.6) is 5.75 Å². The molecule has 1 fully saturated rings. The Kier molecular flexibility index (Phi) is 5.89. The van der Waals surface area contributed by atoms with Gasteiger partial charge in [-0.15, -0.1) is 5.10 Å². The van der Waals surface area contributed by atoms with Crippen LogP contribution in [0.3, 0.4) is 0 Å². The topological polar surface area (TPSA) is 60.2 Å². The standard InChI is InChI=1S/C27H26N4O2/c1-33-24-16-14-21(15-17-24)20-10-12-22(13-11-20)25-19-31(29-28-25)27(32)30-18-6-5-9-26(30)23-7-3-2-4-8-23/h2-4,7-8,10-17,19,26H,5-6,9,18H2,1H3. The lowest BCUT2D eigenvalue weighted by molar-refractivity contribution is 0.149. The number of carbonyl (C=O) groups excluding carboxylic acids is 1. The van der Waals surface area contributed by atoms with Gasteiger partial charge in [-0.1, -0.05) is 71.9 Å². The Bertz CT molecular complexity index is 1220. The summed E-state index contributed by atoms with van der Waals surface area (Å²) in [4.78, 5) is 15.2. The van der Waals surface area contributed by atoms with Crippen LogP contribution in [0.2, 0.25) is 0 Å². The molecule has 1 aromatic heterocycles. The number of hydrogen-bond acceptors (Lipinski definition) is 4. The van der Waals surface area contributed by atoms with Crippen LogP contribution >= 0.6 is 0 Å². The molecule has 166 valence electrons. The lowest BCUT2D eigenvalue weighted by Crippen LogP contribution is -2.41. The number of piperidine rings is 1. The van der Waals surface area contributed by atoms with Crippen LogP contribution in [0.15, 0.2) is 85.1 Å². The molecule has 0 N–H and O–H groups in total. The van der Waals surface area contributed by atoms with Crippen molar-refractivity contribution < 1.29 is 9.53 Å². The minimum Gasteiger partial charge on any atom is -0.497 e. The first-order valence-electron chi connectivity index (χ1n) is 11.3. The van der Waals surface area contributed by atoms with E-state index in [1.165, 1.54) is 10.2 Å². The van der Waals surface area contributed by atoms with Crippen molar-refractivity contribution in [2.75, 3.05) is 13.7 Å². The predicted molar refractivity (Wildman–Crippen MR) is 128 cm³/mol. The lowest BCUT2D eigenvalue weighted by atomic mass is 9.96. The Morgan fingerprint density at radius 1 is 0.879 bits per heavy atom. The highest BCUT2D eigenvalue weighted by Crippen LogP contribution is 2.31. The maximum Gasteiger partial charge on any atom is 0.346 e. The molecule has 6 nitrogen and oxygen atoms in total. The fraction of sp³-hybridized carbons (Fsp3) is 0.222. The normalized spacial score (nSPS) is 15.9. The van der Waals surface area contributed by atoms with Crippen LogP contribution in [0.4, 0.5) is 4.79 Å². The summed E-state index contributed by atoms with van der Waals surface area (Å²) >= 11 is 0. The molecule has 1 aliphatic heterocycles. The largest absolute Gasteiger partial charge is 0.497 e. The van der Waals surface area contributed by atoms with Gasteiger partial charge in [0.2, 0.25) is 0 Å². The molecule has 3 aromatic carbocycles. The number of ether oxygens (including phenoxy) is 1. The Balaban J connectivity index is 1.34. The van der Waals surface area contributed by atoms with E-state index in [9.17, 15) is 4.79 Å². The van der Waals surface area contributed by atoms with E-state index in [2.05, 4.69) is 22.4 Å². The SMILES string of the molecule is COc1ccc(-c2ccc(-c3cn(C(=O)N4CCCCC4c4ccccc4)nn3)cc2)cc1. The van der Waals surface area contributed by atoms with Gasteiger partial charge in [0.25, 0.3) is 0 Å². The van der Waals surface area contributed by atoms with Gasteiger partial charge in [0.05, 0.1) is 19.3 Å². The highest BCUT2D eigenvalue weighted by molar-refractivity contribution is 5.78. The molecule has 6 heteroatoms. The molecule has 1 unspecified atom stereocenters. The molecule has 5 rings (SSSR count). The number of rotatable bonds is 4. The van der Waals surface area contributed by atoms with Gasteiger partial charge < -0.3 is 9.64 Å². The second-order valence-corrected chi connectivity index (χ2v) is 8.25. The molecular weight excluding hydrogens is 412 g/mol. The number of carbonyl (C=O) groups is 1. The molecule has 2 heterocycles. The fourth-order valence-electron chi connectivity index (χ4n) is 4.42. The van der Waals surface area contributed by atoms with Crippen molar-refractivity contribution in [2.45, 2.75) is 25.3 Å². The first kappa shape index (κ1) is 20.9. The van der Waals surface area contributed by atoms with Gasteiger partial charge >= 0.3 is 6.03 Å². The summed E-state index contributed by atoms with van der Waals surface area (Å²) in [6.45, 7) is 0.726. The molecule has 1 saturated heterocycles. The second-order valence-electron chi connectivity index (χ2n) is 8.25. The highest BCUT2D eigenvalue weighted by atomic mass is 16.5. The number of methoxy groups -OCH3 is 1. The summed E-state index contributed by atoms with van der Waals surface area (Å²) < 4.78 is 6.60. The zero-order valence-electron chi connectivity index (χ0n) is 18.6. The van der Waals surface area contributed by atoms with Gasteiger partial charge in [-0.25, -0.2) is 4.79 Å². The van der Waals surface area contributed by atoms with Gasteiger partial charge in [-0.05, 0) is 48.1 Å². The maximum absolute atomic E-state index is 13.3. The molecule has 1 atom stereocenters.